The summed E-state index contributed by atoms with van der Waals surface area (Å²) in [6, 6.07) is 10.3. The molecule has 0 saturated heterocycles. The van der Waals surface area contributed by atoms with Crippen LogP contribution in [-0.4, -0.2) is 25.5 Å². The van der Waals surface area contributed by atoms with Crippen LogP contribution in [0.3, 0.4) is 0 Å². The summed E-state index contributed by atoms with van der Waals surface area (Å²) in [6.45, 7) is 3.83. The molecule has 1 unspecified atom stereocenters. The van der Waals surface area contributed by atoms with Gasteiger partial charge < -0.3 is 11.1 Å². The van der Waals surface area contributed by atoms with Crippen molar-refractivity contribution < 1.29 is 4.79 Å². The lowest BCUT2D eigenvalue weighted by Gasteiger charge is -2.27. The van der Waals surface area contributed by atoms with Crippen molar-refractivity contribution in [3.05, 3.63) is 52.8 Å². The first-order chi connectivity index (χ1) is 14.5. The van der Waals surface area contributed by atoms with E-state index >= 15 is 0 Å². The zero-order chi connectivity index (χ0) is 21.1. The number of nitrogen functional groups attached to an aromatic ring is 1. The number of benzene rings is 1. The molecule has 0 bridgehead atoms. The lowest BCUT2D eigenvalue weighted by Crippen LogP contribution is -2.32. The minimum atomic E-state index is 0.0000924. The number of carbonyl (C=O) groups is 1. The van der Waals surface area contributed by atoms with Crippen LogP contribution in [0.1, 0.15) is 67.1 Å². The maximum atomic E-state index is 13.1. The van der Waals surface area contributed by atoms with Gasteiger partial charge in [0.2, 0.25) is 11.9 Å². The Bertz CT molecular complexity index is 1020. The van der Waals surface area contributed by atoms with Crippen LogP contribution in [0.2, 0.25) is 0 Å². The summed E-state index contributed by atoms with van der Waals surface area (Å²) in [6.07, 6.45) is 7.69. The highest BCUT2D eigenvalue weighted by atomic mass is 16.1. The Labute approximate surface area is 177 Å². The molecule has 7 heteroatoms. The van der Waals surface area contributed by atoms with E-state index in [1.165, 1.54) is 37.7 Å². The van der Waals surface area contributed by atoms with Crippen LogP contribution in [0.25, 0.3) is 5.78 Å². The number of nitrogens with zero attached hydrogens (tertiary/aromatic N) is 4. The van der Waals surface area contributed by atoms with Gasteiger partial charge in [0.1, 0.15) is 0 Å². The molecule has 1 fully saturated rings. The number of hydrogen-bond acceptors (Lipinski definition) is 5. The predicted molar refractivity (Wildman–Crippen MR) is 117 cm³/mol. The van der Waals surface area contributed by atoms with Crippen molar-refractivity contribution in [3.8, 4) is 0 Å². The van der Waals surface area contributed by atoms with E-state index in [2.05, 4.69) is 32.5 Å². The molecule has 1 aliphatic rings. The van der Waals surface area contributed by atoms with Crippen LogP contribution in [0.5, 0.6) is 0 Å². The number of anilines is 1. The van der Waals surface area contributed by atoms with Gasteiger partial charge in [0.15, 0.2) is 0 Å². The van der Waals surface area contributed by atoms with Gasteiger partial charge in [-0.3, -0.25) is 4.79 Å². The number of nitrogens with one attached hydrogen (secondary N) is 1. The quantitative estimate of drug-likeness (QED) is 0.650. The molecule has 0 aliphatic heterocycles. The summed E-state index contributed by atoms with van der Waals surface area (Å²) < 4.78 is 1.61. The number of fused-ring (bicyclic) bond motifs is 1. The van der Waals surface area contributed by atoms with Gasteiger partial charge in [-0.1, -0.05) is 62.4 Å². The van der Waals surface area contributed by atoms with Gasteiger partial charge in [-0.2, -0.15) is 9.50 Å². The highest BCUT2D eigenvalue weighted by Gasteiger charge is 2.23. The molecule has 1 aliphatic carbocycles. The van der Waals surface area contributed by atoms with Gasteiger partial charge in [-0.05, 0) is 31.7 Å². The van der Waals surface area contributed by atoms with Crippen molar-refractivity contribution in [2.75, 3.05) is 5.73 Å². The summed E-state index contributed by atoms with van der Waals surface area (Å²) in [4.78, 5) is 21.7. The van der Waals surface area contributed by atoms with Gasteiger partial charge in [0.25, 0.3) is 5.78 Å². The molecule has 3 N–H and O–H groups in total. The van der Waals surface area contributed by atoms with Gasteiger partial charge in [-0.25, -0.2) is 4.98 Å². The molecular weight excluding hydrogens is 376 g/mol. The highest BCUT2D eigenvalue weighted by molar-refractivity contribution is 5.79. The number of aromatic nitrogens is 4. The third kappa shape index (κ3) is 4.45. The van der Waals surface area contributed by atoms with E-state index in [9.17, 15) is 4.79 Å². The average molecular weight is 407 g/mol. The first-order valence-corrected chi connectivity index (χ1v) is 10.8. The van der Waals surface area contributed by atoms with Crippen LogP contribution < -0.4 is 11.1 Å². The lowest BCUT2D eigenvalue weighted by molar-refractivity contribution is -0.121. The third-order valence-corrected chi connectivity index (χ3v) is 6.23. The Hall–Kier alpha value is -2.96. The zero-order valence-electron chi connectivity index (χ0n) is 17.8. The molecule has 2 aromatic heterocycles. The normalized spacial score (nSPS) is 15.9. The number of carbonyl (C=O) groups excluding carboxylic acids is 1. The Balaban J connectivity index is 1.53. The van der Waals surface area contributed by atoms with Crippen molar-refractivity contribution in [1.82, 2.24) is 24.9 Å². The molecule has 0 spiro atoms. The van der Waals surface area contributed by atoms with Crippen molar-refractivity contribution in [1.29, 1.82) is 0 Å². The van der Waals surface area contributed by atoms with Crippen LogP contribution >= 0.6 is 0 Å². The fourth-order valence-corrected chi connectivity index (χ4v) is 4.61. The molecule has 158 valence electrons. The number of amides is 1. The number of aryl methyl sites for hydroxylation is 2. The molecule has 3 aromatic rings. The summed E-state index contributed by atoms with van der Waals surface area (Å²) in [5.74, 6) is 1.32. The standard InChI is InChI=1S/C23H30N6O/c1-15-19(16(2)29-23(25-15)27-22(24)28-29)14-21(30)26-20(18-11-7-4-8-12-18)13-17-9-5-3-6-10-17/h4,7-8,11-12,17,20H,3,5-6,9-10,13-14H2,1-2H3,(H2,24,28)(H,26,30). The van der Waals surface area contributed by atoms with E-state index in [1.807, 2.05) is 32.0 Å². The summed E-state index contributed by atoms with van der Waals surface area (Å²) in [5.41, 5.74) is 9.39. The van der Waals surface area contributed by atoms with E-state index in [0.717, 1.165) is 23.4 Å². The molecule has 1 saturated carbocycles. The van der Waals surface area contributed by atoms with Gasteiger partial charge >= 0.3 is 0 Å². The first kappa shape index (κ1) is 20.3. The molecule has 1 aromatic carbocycles. The number of hydrogen-bond donors (Lipinski definition) is 2. The predicted octanol–water partition coefficient (Wildman–Crippen LogP) is 3.69. The molecule has 1 amide bonds. The Morgan fingerprint density at radius 2 is 1.90 bits per heavy atom. The Kier molecular flexibility index (Phi) is 5.97. The second-order valence-electron chi connectivity index (χ2n) is 8.39. The summed E-state index contributed by atoms with van der Waals surface area (Å²) in [7, 11) is 0. The average Bonchev–Trinajstić information content (AvgIpc) is 3.12. The molecule has 2 heterocycles. The number of rotatable bonds is 6. The second kappa shape index (κ2) is 8.81. The van der Waals surface area contributed by atoms with Crippen LogP contribution in [0.4, 0.5) is 5.95 Å². The van der Waals surface area contributed by atoms with E-state index < -0.39 is 0 Å². The third-order valence-electron chi connectivity index (χ3n) is 6.23. The van der Waals surface area contributed by atoms with Crippen LogP contribution in [-0.2, 0) is 11.2 Å². The van der Waals surface area contributed by atoms with Crippen LogP contribution in [0, 0.1) is 19.8 Å². The molecule has 7 nitrogen and oxygen atoms in total. The smallest absolute Gasteiger partial charge is 0.254 e. The highest BCUT2D eigenvalue weighted by Crippen LogP contribution is 2.32. The Morgan fingerprint density at radius 1 is 1.17 bits per heavy atom. The first-order valence-electron chi connectivity index (χ1n) is 10.8. The topological polar surface area (TPSA) is 98.2 Å². The van der Waals surface area contributed by atoms with Crippen molar-refractivity contribution in [2.45, 2.75) is 64.8 Å². The van der Waals surface area contributed by atoms with Crippen molar-refractivity contribution in [2.24, 2.45) is 5.92 Å². The SMILES string of the molecule is Cc1nc2nc(N)nn2c(C)c1CC(=O)NC(CC1CCCCC1)c1ccccc1. The van der Waals surface area contributed by atoms with E-state index in [4.69, 9.17) is 5.73 Å². The summed E-state index contributed by atoms with van der Waals surface area (Å²) >= 11 is 0. The van der Waals surface area contributed by atoms with Crippen molar-refractivity contribution in [3.63, 3.8) is 0 Å². The minimum absolute atomic E-state index is 0.0000924. The largest absolute Gasteiger partial charge is 0.366 e. The van der Waals surface area contributed by atoms with E-state index in [-0.39, 0.29) is 24.3 Å². The maximum Gasteiger partial charge on any atom is 0.254 e. The van der Waals surface area contributed by atoms with Gasteiger partial charge in [0.05, 0.1) is 12.5 Å². The van der Waals surface area contributed by atoms with Crippen molar-refractivity contribution >= 4 is 17.6 Å². The fourth-order valence-electron chi connectivity index (χ4n) is 4.61. The monoisotopic (exact) mass is 406 g/mol. The lowest BCUT2D eigenvalue weighted by atomic mass is 9.83. The van der Waals surface area contributed by atoms with E-state index in [1.54, 1.807) is 4.52 Å². The van der Waals surface area contributed by atoms with E-state index in [0.29, 0.717) is 11.7 Å². The van der Waals surface area contributed by atoms with Gasteiger partial charge in [0, 0.05) is 17.0 Å². The minimum Gasteiger partial charge on any atom is -0.366 e. The van der Waals surface area contributed by atoms with Gasteiger partial charge in [-0.15, -0.1) is 5.10 Å². The fraction of sp³-hybridized carbons (Fsp3) is 0.478. The maximum absolute atomic E-state index is 13.1. The Morgan fingerprint density at radius 3 is 2.63 bits per heavy atom. The zero-order valence-corrected chi connectivity index (χ0v) is 17.8. The molecule has 30 heavy (non-hydrogen) atoms. The summed E-state index contributed by atoms with van der Waals surface area (Å²) in [5, 5.41) is 7.50. The molecule has 1 atom stereocenters. The molecule has 0 radical (unpaired) electrons. The number of nitrogens with two attached hydrogens (primary N) is 1. The molecule has 4 rings (SSSR count). The second-order valence-corrected chi connectivity index (χ2v) is 8.39. The molecular formula is C23H30N6O. The van der Waals surface area contributed by atoms with Crippen LogP contribution in [0.15, 0.2) is 30.3 Å².